The number of hydrogen-bond donors (Lipinski definition) is 1. The standard InChI is InChI=1S/C4H6O6S2/c5-3-1-2-4-11(6,7)12(8,9)10/h1H,2,4H2,(H,8,9,10). The van der Waals surface area contributed by atoms with Gasteiger partial charge in [0.2, 0.25) is 0 Å². The summed E-state index contributed by atoms with van der Waals surface area (Å²) in [6.45, 7) is 0. The van der Waals surface area contributed by atoms with Crippen LogP contribution in [0.25, 0.3) is 0 Å². The maximum atomic E-state index is 10.5. The summed E-state index contributed by atoms with van der Waals surface area (Å²) in [7, 11) is -9.61. The van der Waals surface area contributed by atoms with Gasteiger partial charge in [0, 0.05) is 6.08 Å². The van der Waals surface area contributed by atoms with Crippen LogP contribution in [0.2, 0.25) is 0 Å². The molecule has 0 radical (unpaired) electrons. The van der Waals surface area contributed by atoms with Gasteiger partial charge in [-0.25, -0.2) is 13.2 Å². The van der Waals surface area contributed by atoms with E-state index >= 15 is 0 Å². The molecule has 0 aromatic carbocycles. The highest BCUT2D eigenvalue weighted by atomic mass is 33.2. The van der Waals surface area contributed by atoms with E-state index in [1.165, 1.54) is 5.94 Å². The van der Waals surface area contributed by atoms with Gasteiger partial charge in [-0.05, 0) is 6.42 Å². The second kappa shape index (κ2) is 3.81. The first-order valence-electron chi connectivity index (χ1n) is 2.71. The molecule has 0 saturated carbocycles. The van der Waals surface area contributed by atoms with Gasteiger partial charge < -0.3 is 0 Å². The summed E-state index contributed by atoms with van der Waals surface area (Å²) in [5.74, 6) is 0.457. The fourth-order valence-corrected chi connectivity index (χ4v) is 1.91. The average molecular weight is 214 g/mol. The third kappa shape index (κ3) is 3.14. The van der Waals surface area contributed by atoms with Crippen LogP contribution in [0, 0.1) is 0 Å². The summed E-state index contributed by atoms with van der Waals surface area (Å²) in [6, 6.07) is 0. The SMILES string of the molecule is O=C=CCCS(=O)(=O)S(=O)(=O)O. The van der Waals surface area contributed by atoms with Crippen LogP contribution in [-0.2, 0) is 22.8 Å². The van der Waals surface area contributed by atoms with Crippen LogP contribution < -0.4 is 0 Å². The molecule has 0 rings (SSSR count). The minimum atomic E-state index is -5.06. The van der Waals surface area contributed by atoms with Crippen molar-refractivity contribution in [3.63, 3.8) is 0 Å². The molecule has 12 heavy (non-hydrogen) atoms. The van der Waals surface area contributed by atoms with E-state index in [-0.39, 0.29) is 6.42 Å². The van der Waals surface area contributed by atoms with E-state index < -0.39 is 23.8 Å². The predicted octanol–water partition coefficient (Wildman–Crippen LogP) is -1.02. The van der Waals surface area contributed by atoms with Gasteiger partial charge >= 0.3 is 9.15 Å². The van der Waals surface area contributed by atoms with Crippen LogP contribution in [0.5, 0.6) is 0 Å². The van der Waals surface area contributed by atoms with Crippen LogP contribution in [0.4, 0.5) is 0 Å². The molecular formula is C4H6O6S2. The maximum Gasteiger partial charge on any atom is 0.372 e. The van der Waals surface area contributed by atoms with Gasteiger partial charge in [-0.15, -0.1) is 0 Å². The highest BCUT2D eigenvalue weighted by molar-refractivity contribution is 8.64. The van der Waals surface area contributed by atoms with E-state index in [0.717, 1.165) is 6.08 Å². The molecule has 0 saturated heterocycles. The first-order chi connectivity index (χ1) is 5.31. The van der Waals surface area contributed by atoms with Crippen LogP contribution in [0.1, 0.15) is 6.42 Å². The maximum absolute atomic E-state index is 10.5. The lowest BCUT2D eigenvalue weighted by molar-refractivity contribution is 0.493. The molecule has 70 valence electrons. The lowest BCUT2D eigenvalue weighted by Crippen LogP contribution is -2.17. The zero-order chi connectivity index (χ0) is 9.83. The third-order valence-electron chi connectivity index (χ3n) is 0.916. The zero-order valence-electron chi connectivity index (χ0n) is 5.80. The molecule has 0 bridgehead atoms. The van der Waals surface area contributed by atoms with E-state index in [0.29, 0.717) is 0 Å². The first kappa shape index (κ1) is 11.3. The van der Waals surface area contributed by atoms with Crippen LogP contribution in [-0.4, -0.2) is 33.1 Å². The van der Waals surface area contributed by atoms with Gasteiger partial charge in [-0.3, -0.25) is 4.55 Å². The summed E-state index contributed by atoms with van der Waals surface area (Å²) >= 11 is 0. The Morgan fingerprint density at radius 1 is 1.25 bits per heavy atom. The van der Waals surface area contributed by atoms with E-state index in [1.54, 1.807) is 0 Å². The quantitative estimate of drug-likeness (QED) is 0.365. The summed E-state index contributed by atoms with van der Waals surface area (Å²) in [5, 5.41) is 0. The normalized spacial score (nSPS) is 12.1. The molecule has 0 aliphatic heterocycles. The van der Waals surface area contributed by atoms with Crippen molar-refractivity contribution < 1.29 is 26.2 Å². The van der Waals surface area contributed by atoms with Crippen molar-refractivity contribution in [3.8, 4) is 0 Å². The Hall–Kier alpha value is -0.690. The molecule has 0 unspecified atom stereocenters. The van der Waals surface area contributed by atoms with Gasteiger partial charge in [-0.2, -0.15) is 8.42 Å². The van der Waals surface area contributed by atoms with Crippen LogP contribution >= 0.6 is 0 Å². The number of rotatable bonds is 4. The highest BCUT2D eigenvalue weighted by Crippen LogP contribution is 2.01. The molecule has 0 aliphatic carbocycles. The lowest BCUT2D eigenvalue weighted by Gasteiger charge is -1.95. The van der Waals surface area contributed by atoms with Gasteiger partial charge in [0.25, 0.3) is 8.87 Å². The highest BCUT2D eigenvalue weighted by Gasteiger charge is 2.25. The van der Waals surface area contributed by atoms with E-state index in [9.17, 15) is 21.6 Å². The molecule has 0 aliphatic rings. The fraction of sp³-hybridized carbons (Fsp3) is 0.500. The topological polar surface area (TPSA) is 106 Å². The minimum Gasteiger partial charge on any atom is -0.274 e. The molecule has 8 heteroatoms. The molecule has 0 aromatic heterocycles. The van der Waals surface area contributed by atoms with E-state index in [1.807, 2.05) is 0 Å². The first-order valence-corrected chi connectivity index (χ1v) is 6.31. The monoisotopic (exact) mass is 214 g/mol. The average Bonchev–Trinajstić information content (AvgIpc) is 1.85. The summed E-state index contributed by atoms with van der Waals surface area (Å²) in [5.41, 5.74) is 0. The molecule has 0 aromatic rings. The van der Waals surface area contributed by atoms with Gasteiger partial charge in [0.1, 0.15) is 5.94 Å². The minimum absolute atomic E-state index is 0.286. The molecule has 6 nitrogen and oxygen atoms in total. The van der Waals surface area contributed by atoms with Crippen molar-refractivity contribution in [2.24, 2.45) is 0 Å². The van der Waals surface area contributed by atoms with Crippen molar-refractivity contribution in [2.75, 3.05) is 5.75 Å². The fourth-order valence-electron chi connectivity index (χ4n) is 0.367. The Balaban J connectivity index is 4.59. The molecular weight excluding hydrogens is 208 g/mol. The van der Waals surface area contributed by atoms with Crippen LogP contribution in [0.3, 0.4) is 0 Å². The molecule has 0 spiro atoms. The van der Waals surface area contributed by atoms with Gasteiger partial charge in [0.15, 0.2) is 0 Å². The van der Waals surface area contributed by atoms with Gasteiger partial charge in [0.05, 0.1) is 5.75 Å². The summed E-state index contributed by atoms with van der Waals surface area (Å²) in [4.78, 5) is 9.55. The van der Waals surface area contributed by atoms with Crippen molar-refractivity contribution in [2.45, 2.75) is 6.42 Å². The van der Waals surface area contributed by atoms with Crippen LogP contribution in [0.15, 0.2) is 6.08 Å². The van der Waals surface area contributed by atoms with E-state index in [2.05, 4.69) is 0 Å². The summed E-state index contributed by atoms with van der Waals surface area (Å²) < 4.78 is 49.4. The Morgan fingerprint density at radius 2 is 1.75 bits per heavy atom. The second-order valence-corrected chi connectivity index (χ2v) is 6.97. The Bertz CT molecular complexity index is 381. The van der Waals surface area contributed by atoms with Gasteiger partial charge in [-0.1, -0.05) is 0 Å². The third-order valence-corrected chi connectivity index (χ3v) is 4.72. The Labute approximate surface area is 69.0 Å². The van der Waals surface area contributed by atoms with Crippen molar-refractivity contribution in [1.29, 1.82) is 0 Å². The van der Waals surface area contributed by atoms with Crippen molar-refractivity contribution in [3.05, 3.63) is 6.08 Å². The smallest absolute Gasteiger partial charge is 0.274 e. The zero-order valence-corrected chi connectivity index (χ0v) is 7.43. The molecule has 0 atom stereocenters. The number of allylic oxidation sites excluding steroid dienone is 1. The lowest BCUT2D eigenvalue weighted by atomic mass is 10.5. The summed E-state index contributed by atoms with van der Waals surface area (Å²) in [6.07, 6.45) is 0.536. The predicted molar refractivity (Wildman–Crippen MR) is 40.2 cm³/mol. The molecule has 0 heterocycles. The Kier molecular flexibility index (Phi) is 3.59. The number of hydrogen-bond acceptors (Lipinski definition) is 5. The van der Waals surface area contributed by atoms with E-state index in [4.69, 9.17) is 4.55 Å². The second-order valence-electron chi connectivity index (χ2n) is 1.80. The largest absolute Gasteiger partial charge is 0.372 e. The van der Waals surface area contributed by atoms with Crippen molar-refractivity contribution >= 4 is 24.0 Å². The Morgan fingerprint density at radius 3 is 2.08 bits per heavy atom. The molecule has 0 amide bonds. The molecule has 0 fully saturated rings. The number of carbonyl (C=O) groups excluding carboxylic acids is 1. The van der Waals surface area contributed by atoms with Crippen molar-refractivity contribution in [1.82, 2.24) is 0 Å². The molecule has 1 N–H and O–H groups in total.